The first kappa shape index (κ1) is 19.2. The van der Waals surface area contributed by atoms with Crippen molar-refractivity contribution in [2.24, 2.45) is 17.3 Å². The molecule has 0 saturated heterocycles. The van der Waals surface area contributed by atoms with E-state index in [0.717, 1.165) is 18.6 Å². The summed E-state index contributed by atoms with van der Waals surface area (Å²) in [4.78, 5) is 11.7. The number of Topliss-reactive ketones (excluding diaryl/α,β-unsaturated/α-hetero) is 1. The molecular weight excluding hydrogens is 314 g/mol. The van der Waals surface area contributed by atoms with Crippen molar-refractivity contribution >= 4 is 14.1 Å². The third kappa shape index (κ3) is 2.96. The van der Waals surface area contributed by atoms with E-state index in [2.05, 4.69) is 54.2 Å². The number of hydrogen-bond acceptors (Lipinski definition) is 3. The van der Waals surface area contributed by atoms with E-state index < -0.39 is 13.7 Å². The fraction of sp³-hybridized carbons (Fsp3) is 0.800. The lowest BCUT2D eigenvalue weighted by atomic mass is 9.86. The van der Waals surface area contributed by atoms with Gasteiger partial charge in [0.2, 0.25) is 0 Å². The number of nitriles is 1. The zero-order chi connectivity index (χ0) is 18.3. The standard InChI is InChI=1S/C20H33NO2Si/c1-13(2)24(14(3)4,15(5)6)23-16(7)19-11-20(19,12-21)17-8-9-18(22)10-17/h13-15,17,19H,7-11H2,1-6H3/t17?,19-,20+/m0/s1. The Morgan fingerprint density at radius 1 is 1.25 bits per heavy atom. The summed E-state index contributed by atoms with van der Waals surface area (Å²) in [5.41, 5.74) is 1.10. The van der Waals surface area contributed by atoms with Crippen molar-refractivity contribution in [1.82, 2.24) is 0 Å². The molecule has 0 aliphatic heterocycles. The van der Waals surface area contributed by atoms with Crippen molar-refractivity contribution < 1.29 is 9.22 Å². The van der Waals surface area contributed by atoms with E-state index in [1.54, 1.807) is 0 Å². The SMILES string of the molecule is C=C(O[Si](C(C)C)(C(C)C)C(C)C)[C@@H]1C[C@@]1(C#N)C1CCC(=O)C1. The smallest absolute Gasteiger partial charge is 0.258 e. The molecule has 4 heteroatoms. The van der Waals surface area contributed by atoms with Crippen LogP contribution in [0.25, 0.3) is 0 Å². The summed E-state index contributed by atoms with van der Waals surface area (Å²) in [5.74, 6) is 1.44. The average Bonchev–Trinajstić information content (AvgIpc) is 3.10. The summed E-state index contributed by atoms with van der Waals surface area (Å²) in [6.45, 7) is 17.8. The number of ketones is 1. The van der Waals surface area contributed by atoms with Crippen LogP contribution in [0.15, 0.2) is 12.3 Å². The van der Waals surface area contributed by atoms with Gasteiger partial charge in [0, 0.05) is 18.8 Å². The van der Waals surface area contributed by atoms with Crippen LogP contribution in [0.2, 0.25) is 16.6 Å². The van der Waals surface area contributed by atoms with Crippen molar-refractivity contribution in [1.29, 1.82) is 5.26 Å². The Balaban J connectivity index is 2.18. The van der Waals surface area contributed by atoms with Crippen molar-refractivity contribution in [3.63, 3.8) is 0 Å². The lowest BCUT2D eigenvalue weighted by Crippen LogP contribution is -2.47. The van der Waals surface area contributed by atoms with Gasteiger partial charge < -0.3 is 4.43 Å². The predicted molar refractivity (Wildman–Crippen MR) is 99.8 cm³/mol. The average molecular weight is 348 g/mol. The summed E-state index contributed by atoms with van der Waals surface area (Å²) in [6.07, 6.45) is 2.88. The van der Waals surface area contributed by atoms with Crippen molar-refractivity contribution in [3.8, 4) is 6.07 Å². The Morgan fingerprint density at radius 2 is 1.79 bits per heavy atom. The first-order valence-electron chi connectivity index (χ1n) is 9.42. The van der Waals surface area contributed by atoms with E-state index in [1.807, 2.05) is 0 Å². The molecule has 2 aliphatic rings. The van der Waals surface area contributed by atoms with E-state index in [0.29, 0.717) is 35.2 Å². The van der Waals surface area contributed by atoms with Crippen LogP contribution in [-0.4, -0.2) is 14.1 Å². The van der Waals surface area contributed by atoms with Gasteiger partial charge in [-0.15, -0.1) is 0 Å². The molecule has 2 fully saturated rings. The highest BCUT2D eigenvalue weighted by Crippen LogP contribution is 2.64. The molecule has 3 atom stereocenters. The van der Waals surface area contributed by atoms with E-state index in [9.17, 15) is 10.1 Å². The molecule has 24 heavy (non-hydrogen) atoms. The second-order valence-corrected chi connectivity index (χ2v) is 14.1. The summed E-state index contributed by atoms with van der Waals surface area (Å²) < 4.78 is 6.70. The number of carbonyl (C=O) groups excluding carboxylic acids is 1. The molecule has 0 amide bonds. The topological polar surface area (TPSA) is 50.1 Å². The zero-order valence-electron chi connectivity index (χ0n) is 16.2. The van der Waals surface area contributed by atoms with Crippen LogP contribution >= 0.6 is 0 Å². The first-order chi connectivity index (χ1) is 11.1. The fourth-order valence-corrected chi connectivity index (χ4v) is 10.6. The Kier molecular flexibility index (Phi) is 5.35. The molecule has 1 unspecified atom stereocenters. The van der Waals surface area contributed by atoms with Gasteiger partial charge in [-0.05, 0) is 35.4 Å². The molecule has 0 aromatic carbocycles. The van der Waals surface area contributed by atoms with Gasteiger partial charge in [0.05, 0.1) is 17.2 Å². The number of hydrogen-bond donors (Lipinski definition) is 0. The van der Waals surface area contributed by atoms with E-state index in [1.165, 1.54) is 0 Å². The molecule has 2 aliphatic carbocycles. The lowest BCUT2D eigenvalue weighted by molar-refractivity contribution is -0.117. The maximum absolute atomic E-state index is 11.7. The third-order valence-electron chi connectivity index (χ3n) is 6.59. The second-order valence-electron chi connectivity index (χ2n) is 8.77. The van der Waals surface area contributed by atoms with Gasteiger partial charge in [-0.1, -0.05) is 48.1 Å². The lowest BCUT2D eigenvalue weighted by Gasteiger charge is -2.43. The summed E-state index contributed by atoms with van der Waals surface area (Å²) in [6, 6.07) is 2.54. The molecule has 2 rings (SSSR count). The molecule has 134 valence electrons. The number of carbonyl (C=O) groups is 1. The number of allylic oxidation sites excluding steroid dienone is 1. The molecule has 0 aromatic heterocycles. The minimum atomic E-state index is -2.02. The molecule has 2 saturated carbocycles. The highest BCUT2D eigenvalue weighted by atomic mass is 28.4. The minimum absolute atomic E-state index is 0.113. The molecule has 0 heterocycles. The molecular formula is C20H33NO2Si. The van der Waals surface area contributed by atoms with Gasteiger partial charge in [0.25, 0.3) is 8.32 Å². The van der Waals surface area contributed by atoms with Crippen LogP contribution in [-0.2, 0) is 9.22 Å². The molecule has 0 bridgehead atoms. The maximum atomic E-state index is 11.7. The van der Waals surface area contributed by atoms with Crippen LogP contribution < -0.4 is 0 Å². The van der Waals surface area contributed by atoms with Crippen LogP contribution in [0, 0.1) is 28.6 Å². The van der Waals surface area contributed by atoms with Crippen LogP contribution in [0.1, 0.15) is 67.2 Å². The van der Waals surface area contributed by atoms with Crippen molar-refractivity contribution in [2.45, 2.75) is 83.8 Å². The second kappa shape index (κ2) is 6.67. The molecule has 0 aromatic rings. The normalized spacial score (nSPS) is 30.1. The van der Waals surface area contributed by atoms with Crippen molar-refractivity contribution in [3.05, 3.63) is 12.3 Å². The highest BCUT2D eigenvalue weighted by molar-refractivity contribution is 6.77. The molecule has 0 radical (unpaired) electrons. The predicted octanol–water partition coefficient (Wildman–Crippen LogP) is 5.59. The first-order valence-corrected chi connectivity index (χ1v) is 11.6. The van der Waals surface area contributed by atoms with Crippen LogP contribution in [0.5, 0.6) is 0 Å². The minimum Gasteiger partial charge on any atom is -0.546 e. The quantitative estimate of drug-likeness (QED) is 0.445. The highest BCUT2D eigenvalue weighted by Gasteiger charge is 2.63. The van der Waals surface area contributed by atoms with Gasteiger partial charge in [0.1, 0.15) is 5.78 Å². The molecule has 0 N–H and O–H groups in total. The number of rotatable bonds is 7. The van der Waals surface area contributed by atoms with Crippen LogP contribution in [0.3, 0.4) is 0 Å². The monoisotopic (exact) mass is 347 g/mol. The Morgan fingerprint density at radius 3 is 2.17 bits per heavy atom. The maximum Gasteiger partial charge on any atom is 0.258 e. The Labute approximate surface area is 148 Å². The number of nitrogens with zero attached hydrogens (tertiary/aromatic N) is 1. The van der Waals surface area contributed by atoms with Gasteiger partial charge >= 0.3 is 0 Å². The van der Waals surface area contributed by atoms with E-state index >= 15 is 0 Å². The zero-order valence-corrected chi connectivity index (χ0v) is 17.2. The van der Waals surface area contributed by atoms with Gasteiger partial charge in [-0.2, -0.15) is 5.26 Å². The fourth-order valence-electron chi connectivity index (χ4n) is 5.25. The van der Waals surface area contributed by atoms with Gasteiger partial charge in [0.15, 0.2) is 0 Å². The summed E-state index contributed by atoms with van der Waals surface area (Å²) >= 11 is 0. The van der Waals surface area contributed by atoms with E-state index in [4.69, 9.17) is 4.43 Å². The Bertz CT molecular complexity index is 539. The third-order valence-corrected chi connectivity index (χ3v) is 12.6. The summed E-state index contributed by atoms with van der Waals surface area (Å²) in [5, 5.41) is 9.80. The summed E-state index contributed by atoms with van der Waals surface area (Å²) in [7, 11) is -2.02. The van der Waals surface area contributed by atoms with Gasteiger partial charge in [-0.25, -0.2) is 0 Å². The largest absolute Gasteiger partial charge is 0.546 e. The van der Waals surface area contributed by atoms with Crippen molar-refractivity contribution in [2.75, 3.05) is 0 Å². The van der Waals surface area contributed by atoms with Gasteiger partial charge in [-0.3, -0.25) is 4.79 Å². The molecule has 0 spiro atoms. The van der Waals surface area contributed by atoms with Crippen LogP contribution in [0.4, 0.5) is 0 Å². The molecule has 3 nitrogen and oxygen atoms in total. The van der Waals surface area contributed by atoms with E-state index in [-0.39, 0.29) is 11.8 Å². The Hall–Kier alpha value is -1.08.